The molecule has 0 aliphatic rings. The van der Waals surface area contributed by atoms with Crippen molar-refractivity contribution >= 4 is 45.3 Å². The number of halogens is 1. The van der Waals surface area contributed by atoms with Gasteiger partial charge in [-0.15, -0.1) is 5.10 Å². The first kappa shape index (κ1) is 19.3. The van der Waals surface area contributed by atoms with Gasteiger partial charge in [0.2, 0.25) is 11.7 Å². The number of benzene rings is 2. The zero-order valence-electron chi connectivity index (χ0n) is 17.0. The molecule has 4 heterocycles. The van der Waals surface area contributed by atoms with E-state index < -0.39 is 0 Å². The molecule has 162 valence electrons. The Morgan fingerprint density at radius 3 is 2.94 bits per heavy atom. The lowest BCUT2D eigenvalue weighted by atomic mass is 10.2. The van der Waals surface area contributed by atoms with Crippen molar-refractivity contribution in [2.24, 2.45) is 0 Å². The summed E-state index contributed by atoms with van der Waals surface area (Å²) in [5.41, 5.74) is 3.94. The van der Waals surface area contributed by atoms with Crippen LogP contribution in [0.2, 0.25) is 5.02 Å². The van der Waals surface area contributed by atoms with Gasteiger partial charge in [-0.2, -0.15) is 10.1 Å². The van der Waals surface area contributed by atoms with Crippen LogP contribution in [0.4, 0.5) is 17.2 Å². The molecule has 0 unspecified atom stereocenters. The molecule has 0 spiro atoms. The van der Waals surface area contributed by atoms with Crippen LogP contribution in [0.5, 0.6) is 0 Å². The number of aromatic nitrogens is 7. The summed E-state index contributed by atoms with van der Waals surface area (Å²) in [6, 6.07) is 17.1. The lowest BCUT2D eigenvalue weighted by Crippen LogP contribution is -2.01. The van der Waals surface area contributed by atoms with Crippen LogP contribution < -0.4 is 10.6 Å². The van der Waals surface area contributed by atoms with Crippen LogP contribution in [0, 0.1) is 0 Å². The molecule has 6 aromatic rings. The van der Waals surface area contributed by atoms with E-state index in [0.717, 1.165) is 22.3 Å². The second-order valence-electron chi connectivity index (χ2n) is 7.27. The molecule has 0 radical (unpaired) electrons. The molecule has 11 heteroatoms. The van der Waals surface area contributed by atoms with E-state index in [4.69, 9.17) is 16.1 Å². The van der Waals surface area contributed by atoms with Crippen molar-refractivity contribution in [1.29, 1.82) is 0 Å². The highest BCUT2D eigenvalue weighted by atomic mass is 35.5. The lowest BCUT2D eigenvalue weighted by Gasteiger charge is -2.06. The van der Waals surface area contributed by atoms with Gasteiger partial charge in [0, 0.05) is 11.1 Å². The van der Waals surface area contributed by atoms with E-state index >= 15 is 0 Å². The van der Waals surface area contributed by atoms with Crippen molar-refractivity contribution in [3.05, 3.63) is 77.9 Å². The third kappa shape index (κ3) is 3.72. The van der Waals surface area contributed by atoms with Crippen LogP contribution in [0.3, 0.4) is 0 Å². The highest BCUT2D eigenvalue weighted by Crippen LogP contribution is 2.24. The number of nitrogens with zero attached hydrogens (tertiary/aromatic N) is 6. The minimum absolute atomic E-state index is 0.337. The van der Waals surface area contributed by atoms with Crippen LogP contribution >= 0.6 is 11.6 Å². The van der Waals surface area contributed by atoms with Crippen LogP contribution in [-0.2, 0) is 6.54 Å². The van der Waals surface area contributed by atoms with Gasteiger partial charge in [-0.1, -0.05) is 28.9 Å². The number of nitrogens with one attached hydrogen (secondary N) is 3. The maximum Gasteiger partial charge on any atom is 0.246 e. The van der Waals surface area contributed by atoms with E-state index in [2.05, 4.69) is 41.1 Å². The number of imidazole rings is 1. The quantitative estimate of drug-likeness (QED) is 0.330. The standard InChI is InChI=1S/C22H16ClN9O/c23-15-3-1-2-4-17(15)24-12-21-28-22(31-33-21)18-11-25-20-8-7-19(30-32(18)20)27-14-5-6-16-13(9-14)10-26-29-16/h1-11,24H,12H2,(H,26,29)(H,27,30). The summed E-state index contributed by atoms with van der Waals surface area (Å²) in [6.45, 7) is 0.337. The summed E-state index contributed by atoms with van der Waals surface area (Å²) in [4.78, 5) is 8.87. The molecule has 0 amide bonds. The highest BCUT2D eigenvalue weighted by Gasteiger charge is 2.15. The number of H-pyrrole nitrogens is 1. The minimum Gasteiger partial charge on any atom is -0.375 e. The largest absolute Gasteiger partial charge is 0.375 e. The Morgan fingerprint density at radius 1 is 1.06 bits per heavy atom. The molecule has 0 saturated carbocycles. The average molecular weight is 458 g/mol. The fraction of sp³-hybridized carbons (Fsp3) is 0.0455. The molecule has 2 aromatic carbocycles. The van der Waals surface area contributed by atoms with Crippen molar-refractivity contribution in [2.45, 2.75) is 6.54 Å². The molecule has 4 aromatic heterocycles. The summed E-state index contributed by atoms with van der Waals surface area (Å²) in [5.74, 6) is 1.46. The monoisotopic (exact) mass is 457 g/mol. The van der Waals surface area contributed by atoms with Gasteiger partial charge < -0.3 is 15.2 Å². The Morgan fingerprint density at radius 2 is 2.00 bits per heavy atom. The van der Waals surface area contributed by atoms with Gasteiger partial charge in [-0.3, -0.25) is 5.10 Å². The molecule has 0 saturated heterocycles. The number of para-hydroxylation sites is 1. The van der Waals surface area contributed by atoms with Crippen molar-refractivity contribution in [3.8, 4) is 11.5 Å². The molecule has 10 nitrogen and oxygen atoms in total. The van der Waals surface area contributed by atoms with Crippen LogP contribution in [0.1, 0.15) is 5.89 Å². The summed E-state index contributed by atoms with van der Waals surface area (Å²) in [6.07, 6.45) is 3.44. The van der Waals surface area contributed by atoms with E-state index in [1.807, 2.05) is 54.6 Å². The Balaban J connectivity index is 1.25. The van der Waals surface area contributed by atoms with Gasteiger partial charge in [-0.25, -0.2) is 9.50 Å². The first-order valence-electron chi connectivity index (χ1n) is 10.1. The Bertz CT molecular complexity index is 1590. The second-order valence-corrected chi connectivity index (χ2v) is 7.68. The molecule has 33 heavy (non-hydrogen) atoms. The summed E-state index contributed by atoms with van der Waals surface area (Å²) < 4.78 is 7.07. The average Bonchev–Trinajstić information content (AvgIpc) is 3.57. The third-order valence-electron chi connectivity index (χ3n) is 5.08. The minimum atomic E-state index is 0.337. The van der Waals surface area contributed by atoms with Gasteiger partial charge in [0.1, 0.15) is 5.69 Å². The number of hydrogen-bond donors (Lipinski definition) is 3. The zero-order valence-corrected chi connectivity index (χ0v) is 17.8. The van der Waals surface area contributed by atoms with Crippen molar-refractivity contribution < 1.29 is 4.52 Å². The smallest absolute Gasteiger partial charge is 0.246 e. The SMILES string of the molecule is Clc1ccccc1NCc1nc(-c2cnc3ccc(Nc4ccc5[nH]ncc5c4)nn23)no1. The first-order valence-corrected chi connectivity index (χ1v) is 10.5. The van der Waals surface area contributed by atoms with Gasteiger partial charge in [-0.05, 0) is 42.5 Å². The topological polar surface area (TPSA) is 122 Å². The number of rotatable bonds is 6. The Labute approximate surface area is 191 Å². The molecule has 0 aliphatic carbocycles. The molecular weight excluding hydrogens is 442 g/mol. The lowest BCUT2D eigenvalue weighted by molar-refractivity contribution is 0.384. The predicted molar refractivity (Wildman–Crippen MR) is 124 cm³/mol. The van der Waals surface area contributed by atoms with E-state index in [1.54, 1.807) is 16.9 Å². The van der Waals surface area contributed by atoms with Crippen LogP contribution in [-0.4, -0.2) is 34.9 Å². The molecular formula is C22H16ClN9O. The van der Waals surface area contributed by atoms with Crippen molar-refractivity contribution in [2.75, 3.05) is 10.6 Å². The number of fused-ring (bicyclic) bond motifs is 2. The van der Waals surface area contributed by atoms with E-state index in [-0.39, 0.29) is 0 Å². The predicted octanol–water partition coefficient (Wildman–Crippen LogP) is 4.66. The van der Waals surface area contributed by atoms with Gasteiger partial charge >= 0.3 is 0 Å². The van der Waals surface area contributed by atoms with E-state index in [1.165, 1.54) is 0 Å². The molecule has 0 bridgehead atoms. The number of anilines is 3. The number of aromatic amines is 1. The first-order chi connectivity index (χ1) is 16.2. The Hall–Kier alpha value is -4.44. The summed E-state index contributed by atoms with van der Waals surface area (Å²) in [7, 11) is 0. The van der Waals surface area contributed by atoms with Crippen molar-refractivity contribution in [3.63, 3.8) is 0 Å². The Kier molecular flexibility index (Phi) is 4.62. The van der Waals surface area contributed by atoms with Crippen LogP contribution in [0.25, 0.3) is 28.1 Å². The number of hydrogen-bond acceptors (Lipinski definition) is 8. The van der Waals surface area contributed by atoms with Gasteiger partial charge in [0.15, 0.2) is 11.5 Å². The fourth-order valence-electron chi connectivity index (χ4n) is 3.47. The fourth-order valence-corrected chi connectivity index (χ4v) is 3.67. The van der Waals surface area contributed by atoms with Gasteiger partial charge in [0.25, 0.3) is 0 Å². The second kappa shape index (κ2) is 7.92. The zero-order chi connectivity index (χ0) is 22.2. The maximum atomic E-state index is 6.18. The highest BCUT2D eigenvalue weighted by molar-refractivity contribution is 6.33. The van der Waals surface area contributed by atoms with E-state index in [9.17, 15) is 0 Å². The summed E-state index contributed by atoms with van der Waals surface area (Å²) >= 11 is 6.18. The molecule has 0 aliphatic heterocycles. The van der Waals surface area contributed by atoms with E-state index in [0.29, 0.717) is 40.4 Å². The molecule has 0 fully saturated rings. The maximum absolute atomic E-state index is 6.18. The molecule has 3 N–H and O–H groups in total. The van der Waals surface area contributed by atoms with Gasteiger partial charge in [0.05, 0.1) is 35.2 Å². The van der Waals surface area contributed by atoms with Crippen molar-refractivity contribution in [1.82, 2.24) is 34.9 Å². The summed E-state index contributed by atoms with van der Waals surface area (Å²) in [5, 5.41) is 23.9. The molecule has 6 rings (SSSR count). The normalized spacial score (nSPS) is 11.3. The van der Waals surface area contributed by atoms with Crippen LogP contribution in [0.15, 0.2) is 71.5 Å². The third-order valence-corrected chi connectivity index (χ3v) is 5.41. The molecule has 0 atom stereocenters.